The van der Waals surface area contributed by atoms with Crippen LogP contribution in [0.3, 0.4) is 0 Å². The van der Waals surface area contributed by atoms with E-state index < -0.39 is 0 Å². The minimum Gasteiger partial charge on any atom is -0.424 e. The van der Waals surface area contributed by atoms with Gasteiger partial charge in [0.1, 0.15) is 0 Å². The van der Waals surface area contributed by atoms with Gasteiger partial charge in [-0.2, -0.15) is 5.10 Å². The van der Waals surface area contributed by atoms with E-state index in [9.17, 15) is 0 Å². The van der Waals surface area contributed by atoms with Crippen LogP contribution < -0.4 is 0 Å². The number of hydrogen-bond donors (Lipinski definition) is 0. The molecule has 90 valence electrons. The highest BCUT2D eigenvalue weighted by Gasteiger charge is 2.34. The number of rotatable bonds is 3. The zero-order valence-corrected chi connectivity index (χ0v) is 9.95. The van der Waals surface area contributed by atoms with Gasteiger partial charge in [0.25, 0.3) is 0 Å². The summed E-state index contributed by atoms with van der Waals surface area (Å²) in [5.74, 6) is 1.32. The molecule has 0 saturated carbocycles. The molecule has 0 aliphatic carbocycles. The summed E-state index contributed by atoms with van der Waals surface area (Å²) in [5.41, 5.74) is 0. The van der Waals surface area contributed by atoms with E-state index >= 15 is 0 Å². The summed E-state index contributed by atoms with van der Waals surface area (Å²) >= 11 is 0. The van der Waals surface area contributed by atoms with Crippen molar-refractivity contribution in [3.63, 3.8) is 0 Å². The summed E-state index contributed by atoms with van der Waals surface area (Å²) in [6.07, 6.45) is 3.82. The van der Waals surface area contributed by atoms with Crippen molar-refractivity contribution in [1.82, 2.24) is 24.9 Å². The quantitative estimate of drug-likeness (QED) is 0.797. The van der Waals surface area contributed by atoms with E-state index in [1.165, 1.54) is 0 Å². The molecule has 0 amide bonds. The number of hydrogen-bond acceptors (Lipinski definition) is 5. The van der Waals surface area contributed by atoms with Crippen LogP contribution in [0.15, 0.2) is 22.9 Å². The molecule has 6 nitrogen and oxygen atoms in total. The van der Waals surface area contributed by atoms with Gasteiger partial charge in [-0.15, -0.1) is 10.2 Å². The predicted octanol–water partition coefficient (Wildman–Crippen LogP) is 1.19. The van der Waals surface area contributed by atoms with Gasteiger partial charge >= 0.3 is 0 Å². The number of likely N-dealkylation sites (tertiary alicyclic amines) is 1. The first kappa shape index (κ1) is 10.5. The van der Waals surface area contributed by atoms with E-state index in [-0.39, 0.29) is 6.04 Å². The Kier molecular flexibility index (Phi) is 2.44. The first-order valence-corrected chi connectivity index (χ1v) is 5.77. The highest BCUT2D eigenvalue weighted by atomic mass is 16.4. The maximum Gasteiger partial charge on any atom is 0.233 e. The van der Waals surface area contributed by atoms with Crippen molar-refractivity contribution >= 4 is 0 Å². The van der Waals surface area contributed by atoms with Crippen LogP contribution in [0.25, 0.3) is 0 Å². The highest BCUT2D eigenvalue weighted by molar-refractivity contribution is 4.96. The zero-order valence-electron chi connectivity index (χ0n) is 9.95. The molecule has 2 aromatic heterocycles. The lowest BCUT2D eigenvalue weighted by Crippen LogP contribution is -2.48. The Morgan fingerprint density at radius 3 is 2.82 bits per heavy atom. The molecule has 1 fully saturated rings. The van der Waals surface area contributed by atoms with Crippen LogP contribution >= 0.6 is 0 Å². The Morgan fingerprint density at radius 1 is 1.41 bits per heavy atom. The summed E-state index contributed by atoms with van der Waals surface area (Å²) in [6.45, 7) is 5.85. The molecular formula is C11H15N5O. The minimum absolute atomic E-state index is 0.183. The van der Waals surface area contributed by atoms with Gasteiger partial charge in [-0.05, 0) is 13.0 Å². The van der Waals surface area contributed by atoms with Gasteiger partial charge in [-0.25, -0.2) is 0 Å². The predicted molar refractivity (Wildman–Crippen MR) is 60.3 cm³/mol. The third-order valence-electron chi connectivity index (χ3n) is 3.24. The second-order valence-electron chi connectivity index (χ2n) is 4.43. The SMILES string of the molecule is Cc1nnc([C@@H](C)N2CC(n3cccn3)C2)o1. The molecule has 0 radical (unpaired) electrons. The fraction of sp³-hybridized carbons (Fsp3) is 0.545. The lowest BCUT2D eigenvalue weighted by atomic mass is 10.1. The smallest absolute Gasteiger partial charge is 0.233 e. The first-order chi connectivity index (χ1) is 8.24. The molecule has 6 heteroatoms. The summed E-state index contributed by atoms with van der Waals surface area (Å²) in [6, 6.07) is 2.60. The maximum absolute atomic E-state index is 5.44. The van der Waals surface area contributed by atoms with E-state index in [1.54, 1.807) is 0 Å². The van der Waals surface area contributed by atoms with Crippen molar-refractivity contribution in [2.45, 2.75) is 25.9 Å². The molecule has 0 unspecified atom stereocenters. The van der Waals surface area contributed by atoms with Crippen LogP contribution in [0.4, 0.5) is 0 Å². The Hall–Kier alpha value is -1.69. The van der Waals surface area contributed by atoms with Crippen LogP contribution in [0.2, 0.25) is 0 Å². The van der Waals surface area contributed by atoms with Gasteiger partial charge in [-0.3, -0.25) is 9.58 Å². The summed E-state index contributed by atoms with van der Waals surface area (Å²) in [5, 5.41) is 12.2. The van der Waals surface area contributed by atoms with Crippen LogP contribution in [0, 0.1) is 6.92 Å². The van der Waals surface area contributed by atoms with Crippen molar-refractivity contribution in [2.24, 2.45) is 0 Å². The average molecular weight is 233 g/mol. The second-order valence-corrected chi connectivity index (χ2v) is 4.43. The maximum atomic E-state index is 5.44. The fourth-order valence-electron chi connectivity index (χ4n) is 2.10. The Morgan fingerprint density at radius 2 is 2.24 bits per heavy atom. The van der Waals surface area contributed by atoms with Crippen LogP contribution in [-0.4, -0.2) is 38.0 Å². The summed E-state index contributed by atoms with van der Waals surface area (Å²) in [7, 11) is 0. The largest absolute Gasteiger partial charge is 0.424 e. The number of nitrogens with zero attached hydrogens (tertiary/aromatic N) is 5. The van der Waals surface area contributed by atoms with Crippen LogP contribution in [-0.2, 0) is 0 Å². The molecule has 17 heavy (non-hydrogen) atoms. The Balaban J connectivity index is 1.62. The molecule has 0 aromatic carbocycles. The standard InChI is InChI=1S/C11H15N5O/c1-8(11-14-13-9(2)17-11)15-6-10(7-15)16-5-3-4-12-16/h3-5,8,10H,6-7H2,1-2H3/t8-/m1/s1. The van der Waals surface area contributed by atoms with E-state index in [0.717, 1.165) is 13.1 Å². The van der Waals surface area contributed by atoms with Gasteiger partial charge in [0.2, 0.25) is 11.8 Å². The van der Waals surface area contributed by atoms with Crippen LogP contribution in [0.5, 0.6) is 0 Å². The lowest BCUT2D eigenvalue weighted by molar-refractivity contribution is 0.0479. The van der Waals surface area contributed by atoms with Crippen molar-refractivity contribution in [3.8, 4) is 0 Å². The molecule has 0 spiro atoms. The van der Waals surface area contributed by atoms with Crippen LogP contribution in [0.1, 0.15) is 30.8 Å². The van der Waals surface area contributed by atoms with Gasteiger partial charge in [0.05, 0.1) is 12.1 Å². The van der Waals surface area contributed by atoms with Gasteiger partial charge in [0, 0.05) is 32.4 Å². The van der Waals surface area contributed by atoms with Gasteiger partial charge in [-0.1, -0.05) is 0 Å². The molecule has 3 heterocycles. The van der Waals surface area contributed by atoms with E-state index in [4.69, 9.17) is 4.42 Å². The minimum atomic E-state index is 0.183. The van der Waals surface area contributed by atoms with Gasteiger partial charge < -0.3 is 4.42 Å². The van der Waals surface area contributed by atoms with E-state index in [0.29, 0.717) is 17.8 Å². The van der Waals surface area contributed by atoms with Crippen molar-refractivity contribution < 1.29 is 4.42 Å². The summed E-state index contributed by atoms with van der Waals surface area (Å²) in [4.78, 5) is 2.30. The fourth-order valence-corrected chi connectivity index (χ4v) is 2.10. The molecule has 1 aliphatic heterocycles. The topological polar surface area (TPSA) is 60.0 Å². The Bertz CT molecular complexity index is 486. The highest BCUT2D eigenvalue weighted by Crippen LogP contribution is 2.29. The molecule has 1 atom stereocenters. The van der Waals surface area contributed by atoms with E-state index in [1.807, 2.05) is 30.1 Å². The first-order valence-electron chi connectivity index (χ1n) is 5.77. The normalized spacial score (nSPS) is 19.2. The van der Waals surface area contributed by atoms with Crippen molar-refractivity contribution in [3.05, 3.63) is 30.2 Å². The van der Waals surface area contributed by atoms with Crippen molar-refractivity contribution in [2.75, 3.05) is 13.1 Å². The molecule has 2 aromatic rings. The number of aromatic nitrogens is 4. The second kappa shape index (κ2) is 3.96. The molecule has 0 bridgehead atoms. The molecular weight excluding hydrogens is 218 g/mol. The number of aryl methyl sites for hydroxylation is 1. The van der Waals surface area contributed by atoms with Gasteiger partial charge in [0.15, 0.2) is 0 Å². The monoisotopic (exact) mass is 233 g/mol. The lowest BCUT2D eigenvalue weighted by Gasteiger charge is -2.41. The van der Waals surface area contributed by atoms with Crippen molar-refractivity contribution in [1.29, 1.82) is 0 Å². The third kappa shape index (κ3) is 1.84. The average Bonchev–Trinajstić information content (AvgIpc) is 2.86. The molecule has 1 saturated heterocycles. The molecule has 0 N–H and O–H groups in total. The molecule has 1 aliphatic rings. The third-order valence-corrected chi connectivity index (χ3v) is 3.24. The summed E-state index contributed by atoms with van der Waals surface area (Å²) < 4.78 is 7.44. The Labute approximate surface area is 99.2 Å². The molecule has 3 rings (SSSR count). The van der Waals surface area contributed by atoms with E-state index in [2.05, 4.69) is 27.1 Å². The zero-order chi connectivity index (χ0) is 11.8.